The number of benzene rings is 1. The van der Waals surface area contributed by atoms with Crippen molar-refractivity contribution >= 4 is 15.9 Å². The summed E-state index contributed by atoms with van der Waals surface area (Å²) in [6.45, 7) is -0.161. The van der Waals surface area contributed by atoms with Gasteiger partial charge in [-0.1, -0.05) is 6.07 Å². The Hall–Kier alpha value is -0.620. The van der Waals surface area contributed by atoms with E-state index in [1.165, 1.54) is 7.11 Å². The molecule has 0 spiro atoms. The molecule has 1 aromatic rings. The predicted molar refractivity (Wildman–Crippen MR) is 63.4 cm³/mol. The van der Waals surface area contributed by atoms with Gasteiger partial charge in [0.15, 0.2) is 0 Å². The summed E-state index contributed by atoms with van der Waals surface area (Å²) in [5, 5.41) is 28.0. The van der Waals surface area contributed by atoms with Crippen LogP contribution in [0, 0.1) is 0 Å². The molecular formula is C11H15BrO4. The molecule has 2 unspecified atom stereocenters. The first-order valence-corrected chi connectivity index (χ1v) is 5.70. The van der Waals surface area contributed by atoms with E-state index in [9.17, 15) is 10.2 Å². The van der Waals surface area contributed by atoms with Gasteiger partial charge in [-0.05, 0) is 40.0 Å². The Bertz CT molecular complexity index is 343. The van der Waals surface area contributed by atoms with Gasteiger partial charge in [0.1, 0.15) is 11.9 Å². The molecule has 0 aromatic heterocycles. The molecular weight excluding hydrogens is 276 g/mol. The van der Waals surface area contributed by atoms with Crippen LogP contribution in [0.2, 0.25) is 0 Å². The van der Waals surface area contributed by atoms with Gasteiger partial charge in [-0.2, -0.15) is 0 Å². The summed E-state index contributed by atoms with van der Waals surface area (Å²) >= 11 is 3.30. The summed E-state index contributed by atoms with van der Waals surface area (Å²) in [6.07, 6.45) is -1.86. The van der Waals surface area contributed by atoms with Crippen molar-refractivity contribution in [1.82, 2.24) is 0 Å². The van der Waals surface area contributed by atoms with Crippen molar-refractivity contribution in [1.29, 1.82) is 0 Å². The summed E-state index contributed by atoms with van der Waals surface area (Å²) in [5.41, 5.74) is 0.556. The zero-order valence-electron chi connectivity index (χ0n) is 8.93. The molecule has 0 fully saturated rings. The highest BCUT2D eigenvalue weighted by atomic mass is 79.9. The minimum Gasteiger partial charge on any atom is -0.496 e. The zero-order chi connectivity index (χ0) is 12.1. The van der Waals surface area contributed by atoms with Crippen molar-refractivity contribution in [3.8, 4) is 5.75 Å². The monoisotopic (exact) mass is 290 g/mol. The predicted octanol–water partition coefficient (Wildman–Crippen LogP) is 1.23. The average Bonchev–Trinajstić information content (AvgIpc) is 2.29. The molecule has 0 saturated heterocycles. The number of methoxy groups -OCH3 is 1. The van der Waals surface area contributed by atoms with Crippen LogP contribution in [-0.2, 0) is 0 Å². The number of hydrogen-bond acceptors (Lipinski definition) is 4. The van der Waals surface area contributed by atoms with Crippen LogP contribution in [0.25, 0.3) is 0 Å². The summed E-state index contributed by atoms with van der Waals surface area (Å²) in [6, 6.07) is 5.08. The lowest BCUT2D eigenvalue weighted by atomic mass is 10.0. The van der Waals surface area contributed by atoms with E-state index in [0.717, 1.165) is 4.47 Å². The van der Waals surface area contributed by atoms with Crippen molar-refractivity contribution in [2.75, 3.05) is 13.7 Å². The Morgan fingerprint density at radius 3 is 2.62 bits per heavy atom. The second-order valence-corrected chi connectivity index (χ2v) is 4.27. The van der Waals surface area contributed by atoms with Gasteiger partial charge in [0, 0.05) is 6.61 Å². The summed E-state index contributed by atoms with van der Waals surface area (Å²) in [4.78, 5) is 0. The van der Waals surface area contributed by atoms with Crippen LogP contribution < -0.4 is 4.74 Å². The molecule has 0 saturated carbocycles. The Balaban J connectivity index is 2.87. The third-order valence-corrected chi connectivity index (χ3v) is 2.96. The minimum atomic E-state index is -1.02. The van der Waals surface area contributed by atoms with Crippen molar-refractivity contribution in [3.63, 3.8) is 0 Å². The van der Waals surface area contributed by atoms with Crippen LogP contribution in [0.1, 0.15) is 18.1 Å². The summed E-state index contributed by atoms with van der Waals surface area (Å²) < 4.78 is 5.87. The highest BCUT2D eigenvalue weighted by Crippen LogP contribution is 2.29. The molecule has 1 rings (SSSR count). The molecule has 0 heterocycles. The first-order chi connectivity index (χ1) is 7.60. The molecule has 1 aromatic carbocycles. The first-order valence-electron chi connectivity index (χ1n) is 4.90. The maximum atomic E-state index is 9.80. The molecule has 2 atom stereocenters. The van der Waals surface area contributed by atoms with Crippen LogP contribution >= 0.6 is 15.9 Å². The largest absolute Gasteiger partial charge is 0.496 e. The highest BCUT2D eigenvalue weighted by molar-refractivity contribution is 9.10. The third kappa shape index (κ3) is 3.18. The molecule has 3 N–H and O–H groups in total. The molecule has 0 aliphatic carbocycles. The number of halogens is 1. The lowest BCUT2D eigenvalue weighted by Gasteiger charge is -2.18. The fourth-order valence-electron chi connectivity index (χ4n) is 1.37. The molecule has 16 heavy (non-hydrogen) atoms. The highest BCUT2D eigenvalue weighted by Gasteiger charge is 2.18. The normalized spacial score (nSPS) is 14.6. The van der Waals surface area contributed by atoms with E-state index in [-0.39, 0.29) is 13.0 Å². The van der Waals surface area contributed by atoms with Gasteiger partial charge in [0.25, 0.3) is 0 Å². The average molecular weight is 291 g/mol. The van der Waals surface area contributed by atoms with Gasteiger partial charge in [-0.25, -0.2) is 0 Å². The van der Waals surface area contributed by atoms with Gasteiger partial charge in [-0.15, -0.1) is 0 Å². The zero-order valence-corrected chi connectivity index (χ0v) is 10.5. The quantitative estimate of drug-likeness (QED) is 0.763. The molecule has 0 bridgehead atoms. The van der Waals surface area contributed by atoms with E-state index in [0.29, 0.717) is 11.3 Å². The number of aliphatic hydroxyl groups is 3. The van der Waals surface area contributed by atoms with E-state index < -0.39 is 12.2 Å². The Kier molecular flexibility index (Phi) is 5.21. The van der Waals surface area contributed by atoms with Crippen LogP contribution in [-0.4, -0.2) is 35.1 Å². The standard InChI is InChI=1S/C11H15BrO4/c1-16-10-6-7(2-3-8(10)12)11(15)9(14)4-5-13/h2-3,6,9,11,13-15H,4-5H2,1H3. The summed E-state index contributed by atoms with van der Waals surface area (Å²) in [7, 11) is 1.53. The second-order valence-electron chi connectivity index (χ2n) is 3.42. The van der Waals surface area contributed by atoms with Crippen molar-refractivity contribution in [2.24, 2.45) is 0 Å². The molecule has 0 radical (unpaired) electrons. The van der Waals surface area contributed by atoms with Gasteiger partial charge in [-0.3, -0.25) is 0 Å². The number of hydrogen-bond donors (Lipinski definition) is 3. The van der Waals surface area contributed by atoms with E-state index in [1.807, 2.05) is 0 Å². The lowest BCUT2D eigenvalue weighted by molar-refractivity contribution is 0.00412. The van der Waals surface area contributed by atoms with Crippen molar-refractivity contribution in [2.45, 2.75) is 18.6 Å². The first kappa shape index (κ1) is 13.4. The van der Waals surface area contributed by atoms with Gasteiger partial charge in [0.05, 0.1) is 17.7 Å². The second kappa shape index (κ2) is 6.20. The van der Waals surface area contributed by atoms with Crippen LogP contribution in [0.5, 0.6) is 5.75 Å². The lowest BCUT2D eigenvalue weighted by Crippen LogP contribution is -2.19. The number of aliphatic hydroxyl groups excluding tert-OH is 3. The maximum absolute atomic E-state index is 9.80. The van der Waals surface area contributed by atoms with Crippen LogP contribution in [0.4, 0.5) is 0 Å². The van der Waals surface area contributed by atoms with Crippen LogP contribution in [0.15, 0.2) is 22.7 Å². The SMILES string of the molecule is COc1cc(C(O)C(O)CCO)ccc1Br. The Morgan fingerprint density at radius 1 is 1.38 bits per heavy atom. The smallest absolute Gasteiger partial charge is 0.133 e. The van der Waals surface area contributed by atoms with E-state index >= 15 is 0 Å². The van der Waals surface area contributed by atoms with Gasteiger partial charge in [0.2, 0.25) is 0 Å². The van der Waals surface area contributed by atoms with Gasteiger partial charge < -0.3 is 20.1 Å². The van der Waals surface area contributed by atoms with Crippen molar-refractivity contribution in [3.05, 3.63) is 28.2 Å². The van der Waals surface area contributed by atoms with E-state index in [1.54, 1.807) is 18.2 Å². The molecule has 4 nitrogen and oxygen atoms in total. The number of rotatable bonds is 5. The Labute approximate surface area is 103 Å². The maximum Gasteiger partial charge on any atom is 0.133 e. The topological polar surface area (TPSA) is 69.9 Å². The molecule has 90 valence electrons. The van der Waals surface area contributed by atoms with E-state index in [2.05, 4.69) is 15.9 Å². The molecule has 0 aliphatic rings. The van der Waals surface area contributed by atoms with Crippen molar-refractivity contribution < 1.29 is 20.1 Å². The van der Waals surface area contributed by atoms with Gasteiger partial charge >= 0.3 is 0 Å². The molecule has 5 heteroatoms. The minimum absolute atomic E-state index is 0.138. The van der Waals surface area contributed by atoms with E-state index in [4.69, 9.17) is 9.84 Å². The number of ether oxygens (including phenoxy) is 1. The molecule has 0 aliphatic heterocycles. The van der Waals surface area contributed by atoms with Crippen LogP contribution in [0.3, 0.4) is 0 Å². The molecule has 0 amide bonds. The fraction of sp³-hybridized carbons (Fsp3) is 0.455. The third-order valence-electron chi connectivity index (χ3n) is 2.31. The summed E-state index contributed by atoms with van der Waals surface area (Å²) in [5.74, 6) is 0.591. The Morgan fingerprint density at radius 2 is 2.06 bits per heavy atom. The fourth-order valence-corrected chi connectivity index (χ4v) is 1.78.